The van der Waals surface area contributed by atoms with E-state index in [0.717, 1.165) is 10.9 Å². The van der Waals surface area contributed by atoms with Crippen molar-refractivity contribution in [3.63, 3.8) is 0 Å². The van der Waals surface area contributed by atoms with Gasteiger partial charge in [-0.2, -0.15) is 0 Å². The monoisotopic (exact) mass is 403 g/mol. The number of carboxylic acid groups (broad SMARTS) is 1. The van der Waals surface area contributed by atoms with E-state index in [4.69, 9.17) is 5.11 Å². The molecule has 0 aliphatic heterocycles. The molecule has 1 aromatic carbocycles. The summed E-state index contributed by atoms with van der Waals surface area (Å²) in [6.45, 7) is 0. The normalized spacial score (nSPS) is 9.54. The first kappa shape index (κ1) is 8.33. The standard InChI is InChI=1S/C9H6NO2.Cm/c11-9(12)8-5-6-3-1-2-4-7(6)10-8;/h1-5H,(H,11,12);/q-1;. The number of fused-ring (bicyclic) bond motifs is 1. The number of carboxylic acids is 1. The predicted octanol–water partition coefficient (Wildman–Crippen LogP) is 1.50. The quantitative estimate of drug-likeness (QED) is 0.780. The van der Waals surface area contributed by atoms with Crippen molar-refractivity contribution in [3.8, 4) is 0 Å². The Morgan fingerprint density at radius 2 is 2.00 bits per heavy atom. The fraction of sp³-hybridized carbons (Fsp3) is 0. The van der Waals surface area contributed by atoms with Gasteiger partial charge in [0.05, 0.1) is 0 Å². The van der Waals surface area contributed by atoms with Gasteiger partial charge in [0.15, 0.2) is 0 Å². The van der Waals surface area contributed by atoms with E-state index in [1.807, 2.05) is 18.2 Å². The van der Waals surface area contributed by atoms with Gasteiger partial charge in [-0.1, -0.05) is 30.3 Å². The summed E-state index contributed by atoms with van der Waals surface area (Å²) in [6, 6.07) is 8.89. The fourth-order valence-electron chi connectivity index (χ4n) is 1.13. The van der Waals surface area contributed by atoms with Crippen molar-refractivity contribution < 1.29 is 9.90 Å². The third-order valence-corrected chi connectivity index (χ3v) is 1.69. The smallest absolute Gasteiger partial charge is 0.313 e. The zero-order valence-electron chi connectivity index (χ0n) is 6.54. The minimum atomic E-state index is -0.980. The van der Waals surface area contributed by atoms with Gasteiger partial charge in [0.2, 0.25) is 0 Å². The second kappa shape index (κ2) is 2.70. The van der Waals surface area contributed by atoms with Crippen LogP contribution in [0.1, 0.15) is 10.5 Å². The average molecular weight is 407 g/mol. The van der Waals surface area contributed by atoms with Crippen LogP contribution in [0.5, 0.6) is 0 Å². The van der Waals surface area contributed by atoms with Gasteiger partial charge in [-0.3, -0.25) is 0 Å². The van der Waals surface area contributed by atoms with Gasteiger partial charge in [0.1, 0.15) is 0 Å². The number of benzene rings is 1. The summed E-state index contributed by atoms with van der Waals surface area (Å²) in [5.41, 5.74) is 0.839. The molecule has 0 bridgehead atoms. The van der Waals surface area contributed by atoms with Crippen molar-refractivity contribution in [1.82, 2.24) is 4.98 Å². The van der Waals surface area contributed by atoms with E-state index >= 15 is 0 Å². The molecule has 0 aliphatic carbocycles. The summed E-state index contributed by atoms with van der Waals surface area (Å²) in [5, 5.41) is 9.49. The molecular formula is C9H6CmNO2-. The Hall–Kier alpha value is -2.77. The molecule has 13 heavy (non-hydrogen) atoms. The van der Waals surface area contributed by atoms with Crippen molar-refractivity contribution in [2.45, 2.75) is 0 Å². The van der Waals surface area contributed by atoms with Gasteiger partial charge in [0, 0.05) is 0 Å². The summed E-state index contributed by atoms with van der Waals surface area (Å²) in [4.78, 5) is 14.4. The van der Waals surface area contributed by atoms with E-state index in [1.165, 1.54) is 0 Å². The second-order valence-electron chi connectivity index (χ2n) is 2.51. The van der Waals surface area contributed by atoms with Crippen LogP contribution in [0, 0.1) is 0 Å². The summed E-state index contributed by atoms with van der Waals surface area (Å²) in [5.74, 6) is -0.980. The molecule has 0 fully saturated rings. The number of aromatic carboxylic acids is 1. The van der Waals surface area contributed by atoms with Gasteiger partial charge in [-0.25, -0.2) is 4.79 Å². The Labute approximate surface area is 68.6 Å². The minimum absolute atomic E-state index is 0. The van der Waals surface area contributed by atoms with E-state index in [0.29, 0.717) is 0 Å². The van der Waals surface area contributed by atoms with E-state index in [1.54, 1.807) is 12.1 Å². The number of nitrogens with zero attached hydrogens (tertiary/aromatic N) is 1. The van der Waals surface area contributed by atoms with Crippen LogP contribution in [-0.4, -0.2) is 11.1 Å². The van der Waals surface area contributed by atoms with Gasteiger partial charge < -0.3 is 10.1 Å². The molecule has 0 atom stereocenters. The SMILES string of the molecule is O=C(O)c1cc2ccccc2[n-]1.[Cm]. The molecule has 0 saturated carbocycles. The van der Waals surface area contributed by atoms with E-state index < -0.39 is 5.97 Å². The molecule has 0 radical (unpaired) electrons. The molecule has 4 heteroatoms. The van der Waals surface area contributed by atoms with E-state index in [9.17, 15) is 4.79 Å². The van der Waals surface area contributed by atoms with Crippen LogP contribution in [0.15, 0.2) is 30.3 Å². The molecule has 68 valence electrons. The molecule has 0 unspecified atom stereocenters. The molecule has 0 amide bonds. The summed E-state index contributed by atoms with van der Waals surface area (Å²) in [7, 11) is 0. The van der Waals surface area contributed by atoms with Crippen LogP contribution in [-0.2, 0) is 0 Å². The van der Waals surface area contributed by atoms with Crippen molar-refractivity contribution in [2.24, 2.45) is 0 Å². The van der Waals surface area contributed by atoms with Crippen LogP contribution >= 0.6 is 0 Å². The number of para-hydroxylation sites is 1. The molecule has 1 heterocycles. The van der Waals surface area contributed by atoms with E-state index in [-0.39, 0.29) is 5.69 Å². The molecule has 0 saturated heterocycles. The van der Waals surface area contributed by atoms with Crippen molar-refractivity contribution >= 4 is 16.9 Å². The first-order chi connectivity index (χ1) is 5.77. The zero-order valence-corrected chi connectivity index (χ0v) is 9.49. The van der Waals surface area contributed by atoms with Gasteiger partial charge >= 0.3 is 5.97 Å². The van der Waals surface area contributed by atoms with Gasteiger partial charge in [-0.15, -0.1) is 5.52 Å². The fourth-order valence-corrected chi connectivity index (χ4v) is 1.13. The van der Waals surface area contributed by atoms with Crippen molar-refractivity contribution in [3.05, 3.63) is 36.0 Å². The van der Waals surface area contributed by atoms with Crippen LogP contribution in [0.4, 0.5) is 0 Å². The average Bonchev–Trinajstić information content (AvgIpc) is 2.46. The Morgan fingerprint density at radius 1 is 1.31 bits per heavy atom. The maximum atomic E-state index is 10.5. The maximum absolute atomic E-state index is 10.5. The van der Waals surface area contributed by atoms with Crippen LogP contribution in [0.3, 0.4) is 0 Å². The molecule has 1 aromatic heterocycles. The van der Waals surface area contributed by atoms with Crippen LogP contribution in [0.2, 0.25) is 0 Å². The number of aromatic nitrogens is 1. The van der Waals surface area contributed by atoms with Crippen LogP contribution in [0.25, 0.3) is 10.9 Å². The Kier molecular flexibility index (Phi) is 1.73. The van der Waals surface area contributed by atoms with E-state index in [2.05, 4.69) is 4.98 Å². The summed E-state index contributed by atoms with van der Waals surface area (Å²) in [6.07, 6.45) is 0. The third kappa shape index (κ3) is 1.18. The molecule has 2 rings (SSSR count). The number of rotatable bonds is 1. The van der Waals surface area contributed by atoms with Crippen LogP contribution < -0.4 is 4.98 Å². The van der Waals surface area contributed by atoms with Gasteiger partial charge in [-0.05, 0) is 11.1 Å². The Balaban J connectivity index is 0.000000845. The molecular weight excluding hydrogens is 401 g/mol. The zero-order chi connectivity index (χ0) is 8.55. The number of hydrogen-bond acceptors (Lipinski definition) is 1. The number of hydrogen-bond donors (Lipinski definition) is 1. The minimum Gasteiger partial charge on any atom is -0.651 e. The number of carbonyl (C=O) groups is 1. The van der Waals surface area contributed by atoms with Gasteiger partial charge in [0.25, 0.3) is 0 Å². The molecule has 3 nitrogen and oxygen atoms in total. The summed E-state index contributed by atoms with van der Waals surface area (Å²) >= 11 is 0. The third-order valence-electron chi connectivity index (χ3n) is 1.69. The first-order valence-electron chi connectivity index (χ1n) is 3.53. The molecule has 0 spiro atoms. The first-order valence-corrected chi connectivity index (χ1v) is 3.53. The largest absolute Gasteiger partial charge is 0.651 e. The van der Waals surface area contributed by atoms with Crippen molar-refractivity contribution in [1.29, 1.82) is 0 Å². The van der Waals surface area contributed by atoms with Crippen molar-refractivity contribution in [2.75, 3.05) is 0 Å². The Bertz CT molecular complexity index is 403. The molecule has 0 aliphatic rings. The maximum Gasteiger partial charge on any atom is 0.313 e. The predicted molar refractivity (Wildman–Crippen MR) is 44.2 cm³/mol. The molecule has 1 N–H and O–H groups in total. The Morgan fingerprint density at radius 3 is 2.62 bits per heavy atom. The second-order valence-corrected chi connectivity index (χ2v) is 2.51. The topological polar surface area (TPSA) is 51.4 Å². The molecule has 2 aromatic rings. The summed E-state index contributed by atoms with van der Waals surface area (Å²) < 4.78 is 0.